The highest BCUT2D eigenvalue weighted by atomic mass is 32.2. The summed E-state index contributed by atoms with van der Waals surface area (Å²) in [7, 11) is 0. The number of rotatable bonds is 2. The minimum absolute atomic E-state index is 0.448. The summed E-state index contributed by atoms with van der Waals surface area (Å²) in [5.41, 5.74) is 4.97. The molecule has 0 spiro atoms. The van der Waals surface area contributed by atoms with E-state index in [0.717, 1.165) is 16.5 Å². The summed E-state index contributed by atoms with van der Waals surface area (Å²) in [6.45, 7) is 4.03. The summed E-state index contributed by atoms with van der Waals surface area (Å²) in [6, 6.07) is 10.8. The molecular weight excluding hydrogens is 292 g/mol. The third-order valence-corrected chi connectivity index (χ3v) is 5.32. The first kappa shape index (κ1) is 13.8. The van der Waals surface area contributed by atoms with Crippen LogP contribution in [-0.4, -0.2) is 19.6 Å². The molecule has 1 aliphatic carbocycles. The molecule has 3 aromatic rings. The normalized spacial score (nSPS) is 17.6. The zero-order chi connectivity index (χ0) is 15.1. The Bertz CT molecular complexity index is 840. The van der Waals surface area contributed by atoms with E-state index in [1.54, 1.807) is 11.8 Å². The van der Waals surface area contributed by atoms with E-state index in [4.69, 9.17) is 0 Å². The Balaban J connectivity index is 1.69. The van der Waals surface area contributed by atoms with Crippen LogP contribution in [0.2, 0.25) is 0 Å². The van der Waals surface area contributed by atoms with Gasteiger partial charge in [0.25, 0.3) is 5.78 Å². The molecule has 0 aliphatic heterocycles. The maximum Gasteiger partial charge on any atom is 0.253 e. The van der Waals surface area contributed by atoms with Gasteiger partial charge in [-0.05, 0) is 50.3 Å². The third-order valence-electron chi connectivity index (χ3n) is 4.16. The molecule has 0 N–H and O–H groups in total. The first-order valence-corrected chi connectivity index (χ1v) is 8.54. The van der Waals surface area contributed by atoms with Gasteiger partial charge in [0.2, 0.25) is 5.16 Å². The number of nitrogens with zero attached hydrogens (tertiary/aromatic N) is 4. The second-order valence-electron chi connectivity index (χ2n) is 5.84. The lowest BCUT2D eigenvalue weighted by Gasteiger charge is -2.23. The molecule has 0 fully saturated rings. The Labute approximate surface area is 134 Å². The monoisotopic (exact) mass is 310 g/mol. The van der Waals surface area contributed by atoms with E-state index in [-0.39, 0.29) is 0 Å². The van der Waals surface area contributed by atoms with Gasteiger partial charge in [-0.2, -0.15) is 4.98 Å². The maximum atomic E-state index is 4.63. The van der Waals surface area contributed by atoms with Gasteiger partial charge in [-0.25, -0.2) is 9.50 Å². The van der Waals surface area contributed by atoms with Gasteiger partial charge in [0.05, 0.1) is 0 Å². The third kappa shape index (κ3) is 2.39. The lowest BCUT2D eigenvalue weighted by Crippen LogP contribution is -2.07. The molecule has 2 heterocycles. The molecular formula is C17H18N4S. The highest BCUT2D eigenvalue weighted by Crippen LogP contribution is 2.42. The highest BCUT2D eigenvalue weighted by molar-refractivity contribution is 7.99. The molecule has 0 amide bonds. The molecule has 1 atom stereocenters. The number of thioether (sulfide) groups is 1. The van der Waals surface area contributed by atoms with Crippen molar-refractivity contribution in [2.75, 3.05) is 0 Å². The molecule has 5 heteroatoms. The quantitative estimate of drug-likeness (QED) is 0.720. The van der Waals surface area contributed by atoms with E-state index in [9.17, 15) is 0 Å². The topological polar surface area (TPSA) is 43.1 Å². The zero-order valence-corrected chi connectivity index (χ0v) is 13.6. The Morgan fingerprint density at radius 1 is 1.18 bits per heavy atom. The number of aryl methyl sites for hydroxylation is 3. The van der Waals surface area contributed by atoms with Gasteiger partial charge in [0.1, 0.15) is 0 Å². The summed E-state index contributed by atoms with van der Waals surface area (Å²) in [5.74, 6) is 0.698. The second-order valence-corrected chi connectivity index (χ2v) is 7.01. The number of aromatic nitrogens is 4. The molecule has 4 nitrogen and oxygen atoms in total. The van der Waals surface area contributed by atoms with Crippen molar-refractivity contribution in [1.82, 2.24) is 19.6 Å². The predicted molar refractivity (Wildman–Crippen MR) is 88.2 cm³/mol. The van der Waals surface area contributed by atoms with Crippen LogP contribution in [0.25, 0.3) is 5.78 Å². The van der Waals surface area contributed by atoms with E-state index in [1.165, 1.54) is 30.4 Å². The van der Waals surface area contributed by atoms with Gasteiger partial charge in [-0.15, -0.1) is 5.10 Å². The van der Waals surface area contributed by atoms with Crippen molar-refractivity contribution in [1.29, 1.82) is 0 Å². The van der Waals surface area contributed by atoms with Crippen LogP contribution in [0.1, 0.15) is 40.6 Å². The molecule has 2 aromatic heterocycles. The SMILES string of the molecule is Cc1cc(C)n2nc(SC3CCCc4ccccc43)nc2n1. The van der Waals surface area contributed by atoms with Crippen molar-refractivity contribution in [2.45, 2.75) is 43.5 Å². The van der Waals surface area contributed by atoms with E-state index < -0.39 is 0 Å². The molecule has 0 saturated heterocycles. The van der Waals surface area contributed by atoms with Crippen LogP contribution in [0, 0.1) is 13.8 Å². The fourth-order valence-electron chi connectivity index (χ4n) is 3.16. The Kier molecular flexibility index (Phi) is 3.37. The maximum absolute atomic E-state index is 4.63. The van der Waals surface area contributed by atoms with Gasteiger partial charge in [-0.3, -0.25) is 0 Å². The van der Waals surface area contributed by atoms with Gasteiger partial charge in [-0.1, -0.05) is 36.0 Å². The first-order valence-electron chi connectivity index (χ1n) is 7.66. The molecule has 0 radical (unpaired) electrons. The molecule has 1 unspecified atom stereocenters. The molecule has 112 valence electrons. The number of fused-ring (bicyclic) bond motifs is 2. The van der Waals surface area contributed by atoms with Gasteiger partial charge < -0.3 is 0 Å². The average molecular weight is 310 g/mol. The molecule has 4 rings (SSSR count). The fraction of sp³-hybridized carbons (Fsp3) is 0.353. The van der Waals surface area contributed by atoms with Crippen molar-refractivity contribution >= 4 is 17.5 Å². The van der Waals surface area contributed by atoms with Crippen LogP contribution in [0.5, 0.6) is 0 Å². The molecule has 0 saturated carbocycles. The van der Waals surface area contributed by atoms with E-state index >= 15 is 0 Å². The summed E-state index contributed by atoms with van der Waals surface area (Å²) in [6.07, 6.45) is 3.60. The van der Waals surface area contributed by atoms with Gasteiger partial charge in [0.15, 0.2) is 0 Å². The van der Waals surface area contributed by atoms with Crippen LogP contribution in [0.15, 0.2) is 35.5 Å². The van der Waals surface area contributed by atoms with Crippen molar-refractivity contribution in [2.24, 2.45) is 0 Å². The van der Waals surface area contributed by atoms with E-state index in [2.05, 4.69) is 39.3 Å². The van der Waals surface area contributed by atoms with Crippen molar-refractivity contribution in [3.05, 3.63) is 52.8 Å². The van der Waals surface area contributed by atoms with Gasteiger partial charge >= 0.3 is 0 Å². The molecule has 22 heavy (non-hydrogen) atoms. The number of hydrogen-bond donors (Lipinski definition) is 0. The largest absolute Gasteiger partial charge is 0.253 e. The minimum atomic E-state index is 0.448. The van der Waals surface area contributed by atoms with Crippen LogP contribution < -0.4 is 0 Å². The lowest BCUT2D eigenvalue weighted by molar-refractivity contribution is 0.671. The average Bonchev–Trinajstić information content (AvgIpc) is 2.90. The van der Waals surface area contributed by atoms with Crippen molar-refractivity contribution in [3.63, 3.8) is 0 Å². The molecule has 0 bridgehead atoms. The second kappa shape index (κ2) is 5.39. The fourth-order valence-corrected chi connectivity index (χ4v) is 4.32. The van der Waals surface area contributed by atoms with Crippen LogP contribution in [0.3, 0.4) is 0 Å². The van der Waals surface area contributed by atoms with E-state index in [0.29, 0.717) is 11.0 Å². The highest BCUT2D eigenvalue weighted by Gasteiger charge is 2.22. The predicted octanol–water partition coefficient (Wildman–Crippen LogP) is 3.91. The Morgan fingerprint density at radius 2 is 2.05 bits per heavy atom. The minimum Gasteiger partial charge on any atom is -0.216 e. The van der Waals surface area contributed by atoms with Crippen molar-refractivity contribution in [3.8, 4) is 0 Å². The Hall–Kier alpha value is -1.88. The zero-order valence-electron chi connectivity index (χ0n) is 12.8. The van der Waals surface area contributed by atoms with Crippen molar-refractivity contribution < 1.29 is 0 Å². The summed E-state index contributed by atoms with van der Waals surface area (Å²) >= 11 is 1.76. The van der Waals surface area contributed by atoms with Crippen LogP contribution >= 0.6 is 11.8 Å². The van der Waals surface area contributed by atoms with Crippen LogP contribution in [0.4, 0.5) is 0 Å². The lowest BCUT2D eigenvalue weighted by atomic mass is 9.91. The molecule has 1 aromatic carbocycles. The van der Waals surface area contributed by atoms with Gasteiger partial charge in [0, 0.05) is 16.6 Å². The molecule has 1 aliphatic rings. The number of hydrogen-bond acceptors (Lipinski definition) is 4. The smallest absolute Gasteiger partial charge is 0.216 e. The first-order chi connectivity index (χ1) is 10.7. The number of benzene rings is 1. The summed E-state index contributed by atoms with van der Waals surface area (Å²) in [5, 5.41) is 5.90. The standard InChI is InChI=1S/C17H18N4S/c1-11-10-12(2)21-16(18-11)19-17(20-21)22-15-9-5-7-13-6-3-4-8-14(13)15/h3-4,6,8,10,15H,5,7,9H2,1-2H3. The van der Waals surface area contributed by atoms with Crippen LogP contribution in [-0.2, 0) is 6.42 Å². The Morgan fingerprint density at radius 3 is 2.95 bits per heavy atom. The summed E-state index contributed by atoms with van der Waals surface area (Å²) < 4.78 is 1.84. The van der Waals surface area contributed by atoms with E-state index in [1.807, 2.05) is 24.4 Å². The summed E-state index contributed by atoms with van der Waals surface area (Å²) in [4.78, 5) is 9.08.